The molecule has 2 aromatic heterocycles. The number of carbonyl (C=O) groups excluding carboxylic acids is 2. The number of benzene rings is 2. The summed E-state index contributed by atoms with van der Waals surface area (Å²) in [5.41, 5.74) is 3.33. The highest BCUT2D eigenvalue weighted by molar-refractivity contribution is 6.51. The van der Waals surface area contributed by atoms with Crippen molar-refractivity contribution in [3.63, 3.8) is 0 Å². The lowest BCUT2D eigenvalue weighted by molar-refractivity contribution is -0.132. The molecule has 3 heterocycles. The summed E-state index contributed by atoms with van der Waals surface area (Å²) in [7, 11) is 0. The first-order valence-electron chi connectivity index (χ1n) is 11.3. The van der Waals surface area contributed by atoms with Gasteiger partial charge in [-0.3, -0.25) is 19.5 Å². The lowest BCUT2D eigenvalue weighted by atomic mass is 9.96. The molecule has 1 saturated heterocycles. The highest BCUT2D eigenvalue weighted by Gasteiger charge is 2.48. The second-order valence-corrected chi connectivity index (χ2v) is 8.73. The maximum Gasteiger partial charge on any atom is 0.302 e. The molecule has 1 fully saturated rings. The third-order valence-corrected chi connectivity index (χ3v) is 5.78. The number of fused-ring (bicyclic) bond motifs is 1. The summed E-state index contributed by atoms with van der Waals surface area (Å²) in [5, 5.41) is 11.3. The number of nitrogens with one attached hydrogen (secondary N) is 1. The van der Waals surface area contributed by atoms with Gasteiger partial charge in [0, 0.05) is 18.0 Å². The summed E-state index contributed by atoms with van der Waals surface area (Å²) in [6, 6.07) is 15.1. The number of H-pyrrole nitrogens is 1. The van der Waals surface area contributed by atoms with Gasteiger partial charge in [-0.25, -0.2) is 4.98 Å². The van der Waals surface area contributed by atoms with E-state index in [1.54, 1.807) is 48.8 Å². The normalized spacial score (nSPS) is 17.5. The van der Waals surface area contributed by atoms with Gasteiger partial charge in [-0.2, -0.15) is 0 Å². The second-order valence-electron chi connectivity index (χ2n) is 8.73. The number of aryl methyl sites for hydroxylation is 1. The minimum absolute atomic E-state index is 0.0404. The van der Waals surface area contributed by atoms with Crippen LogP contribution in [-0.2, 0) is 9.59 Å². The molecule has 8 nitrogen and oxygen atoms in total. The third-order valence-electron chi connectivity index (χ3n) is 5.78. The number of amides is 1. The molecule has 8 heteroatoms. The van der Waals surface area contributed by atoms with Crippen molar-refractivity contribution < 1.29 is 19.4 Å². The molecule has 1 atom stereocenters. The number of anilines is 1. The Hall–Kier alpha value is -4.46. The van der Waals surface area contributed by atoms with E-state index in [1.165, 1.54) is 4.90 Å². The number of aromatic nitrogens is 3. The van der Waals surface area contributed by atoms with Crippen LogP contribution >= 0.6 is 0 Å². The van der Waals surface area contributed by atoms with Gasteiger partial charge in [-0.05, 0) is 62.2 Å². The largest absolute Gasteiger partial charge is 0.507 e. The van der Waals surface area contributed by atoms with Crippen molar-refractivity contribution in [2.45, 2.75) is 32.9 Å². The molecule has 176 valence electrons. The Morgan fingerprint density at radius 3 is 2.69 bits per heavy atom. The highest BCUT2D eigenvalue weighted by atomic mass is 16.5. The van der Waals surface area contributed by atoms with Crippen molar-refractivity contribution in [2.75, 3.05) is 4.90 Å². The number of carbonyl (C=O) groups is 2. The van der Waals surface area contributed by atoms with Gasteiger partial charge in [0.2, 0.25) is 5.95 Å². The smallest absolute Gasteiger partial charge is 0.302 e. The fraction of sp³-hybridized carbons (Fsp3) is 0.185. The molecule has 4 aromatic rings. The number of ether oxygens (including phenoxy) is 1. The first kappa shape index (κ1) is 22.3. The molecule has 1 aliphatic heterocycles. The number of nitrogens with zero attached hydrogens (tertiary/aromatic N) is 3. The summed E-state index contributed by atoms with van der Waals surface area (Å²) < 4.78 is 5.74. The van der Waals surface area contributed by atoms with Gasteiger partial charge in [0.1, 0.15) is 11.5 Å². The Kier molecular flexibility index (Phi) is 5.56. The highest BCUT2D eigenvalue weighted by Crippen LogP contribution is 2.41. The average Bonchev–Trinajstić information content (AvgIpc) is 3.36. The van der Waals surface area contributed by atoms with Crippen LogP contribution < -0.4 is 9.64 Å². The predicted octanol–water partition coefficient (Wildman–Crippen LogP) is 4.68. The number of ketones is 1. The molecule has 0 spiro atoms. The zero-order chi connectivity index (χ0) is 24.7. The van der Waals surface area contributed by atoms with E-state index in [9.17, 15) is 14.7 Å². The number of hydrogen-bond donors (Lipinski definition) is 2. The molecule has 0 radical (unpaired) electrons. The summed E-state index contributed by atoms with van der Waals surface area (Å²) in [6.07, 6.45) is 3.11. The van der Waals surface area contributed by atoms with E-state index in [-0.39, 0.29) is 23.4 Å². The predicted molar refractivity (Wildman–Crippen MR) is 132 cm³/mol. The number of pyridine rings is 1. The molecule has 5 rings (SSSR count). The van der Waals surface area contributed by atoms with Crippen molar-refractivity contribution in [1.29, 1.82) is 0 Å². The molecule has 1 unspecified atom stereocenters. The average molecular weight is 469 g/mol. The van der Waals surface area contributed by atoms with Crippen LogP contribution in [0.15, 0.2) is 72.6 Å². The van der Waals surface area contributed by atoms with Crippen molar-refractivity contribution in [3.05, 3.63) is 89.3 Å². The molecule has 1 amide bonds. The third kappa shape index (κ3) is 4.03. The van der Waals surface area contributed by atoms with Gasteiger partial charge in [-0.1, -0.05) is 24.3 Å². The number of Topliss-reactive ketones (excluding diaryl/α,β-unsaturated/α-hetero) is 1. The first-order chi connectivity index (χ1) is 16.8. The van der Waals surface area contributed by atoms with E-state index < -0.39 is 17.7 Å². The van der Waals surface area contributed by atoms with Crippen LogP contribution in [0, 0.1) is 6.92 Å². The van der Waals surface area contributed by atoms with Gasteiger partial charge < -0.3 is 14.8 Å². The number of aliphatic hydroxyl groups excluding tert-OH is 1. The summed E-state index contributed by atoms with van der Waals surface area (Å²) in [4.78, 5) is 39.8. The molecule has 0 bridgehead atoms. The van der Waals surface area contributed by atoms with Crippen LogP contribution in [0.1, 0.15) is 36.6 Å². The van der Waals surface area contributed by atoms with E-state index in [1.807, 2.05) is 39.0 Å². The molecule has 0 saturated carbocycles. The van der Waals surface area contributed by atoms with Crippen LogP contribution in [0.4, 0.5) is 5.95 Å². The maximum atomic E-state index is 13.3. The fourth-order valence-electron chi connectivity index (χ4n) is 4.27. The number of aromatic amines is 1. The van der Waals surface area contributed by atoms with Crippen LogP contribution in [0.2, 0.25) is 0 Å². The van der Waals surface area contributed by atoms with Crippen molar-refractivity contribution in [1.82, 2.24) is 15.0 Å². The minimum atomic E-state index is -0.917. The Morgan fingerprint density at radius 1 is 1.11 bits per heavy atom. The second kappa shape index (κ2) is 8.72. The van der Waals surface area contributed by atoms with Gasteiger partial charge in [0.05, 0.1) is 28.8 Å². The van der Waals surface area contributed by atoms with Gasteiger partial charge in [0.25, 0.3) is 5.78 Å². The monoisotopic (exact) mass is 468 g/mol. The van der Waals surface area contributed by atoms with E-state index >= 15 is 0 Å². The van der Waals surface area contributed by atoms with Crippen molar-refractivity contribution in [2.24, 2.45) is 0 Å². The maximum absolute atomic E-state index is 13.3. The van der Waals surface area contributed by atoms with Gasteiger partial charge >= 0.3 is 5.91 Å². The molecular formula is C27H24N4O4. The Labute approximate surface area is 201 Å². The van der Waals surface area contributed by atoms with Gasteiger partial charge in [0.15, 0.2) is 0 Å². The molecular weight excluding hydrogens is 444 g/mol. The van der Waals surface area contributed by atoms with Crippen molar-refractivity contribution in [3.8, 4) is 5.75 Å². The van der Waals surface area contributed by atoms with Crippen LogP contribution in [-0.4, -0.2) is 37.9 Å². The molecule has 2 N–H and O–H groups in total. The minimum Gasteiger partial charge on any atom is -0.507 e. The zero-order valence-corrected chi connectivity index (χ0v) is 19.5. The standard InChI is InChI=1S/C27H24N4O4/c1-15(2)35-19-8-4-6-17(13-19)24(32)22-23(18-7-5-11-28-14-18)31(26(34)25(22)33)27-29-20-10-9-16(3)12-21(20)30-27/h4-15,23,32H,1-3H3,(H,29,30)/b24-22+. The zero-order valence-electron chi connectivity index (χ0n) is 19.5. The van der Waals surface area contributed by atoms with Crippen molar-refractivity contribution >= 4 is 34.4 Å². The SMILES string of the molecule is Cc1ccc2nc(N3C(=O)C(=O)/C(=C(/O)c4cccc(OC(C)C)c4)C3c3cccnc3)[nH]c2c1. The summed E-state index contributed by atoms with van der Waals surface area (Å²) in [6.45, 7) is 5.75. The van der Waals surface area contributed by atoms with Crippen LogP contribution in [0.3, 0.4) is 0 Å². The van der Waals surface area contributed by atoms with Crippen LogP contribution in [0.5, 0.6) is 5.75 Å². The fourth-order valence-corrected chi connectivity index (χ4v) is 4.27. The molecule has 2 aromatic carbocycles. The topological polar surface area (TPSA) is 108 Å². The first-order valence-corrected chi connectivity index (χ1v) is 11.3. The number of hydrogen-bond acceptors (Lipinski definition) is 6. The summed E-state index contributed by atoms with van der Waals surface area (Å²) >= 11 is 0. The molecule has 35 heavy (non-hydrogen) atoms. The van der Waals surface area contributed by atoms with E-state index in [0.717, 1.165) is 11.1 Å². The quantitative estimate of drug-likeness (QED) is 0.250. The van der Waals surface area contributed by atoms with Crippen LogP contribution in [0.25, 0.3) is 16.8 Å². The van der Waals surface area contributed by atoms with E-state index in [0.29, 0.717) is 22.4 Å². The number of imidazole rings is 1. The Morgan fingerprint density at radius 2 is 1.94 bits per heavy atom. The lowest BCUT2D eigenvalue weighted by Crippen LogP contribution is -2.30. The molecule has 0 aliphatic carbocycles. The van der Waals surface area contributed by atoms with Gasteiger partial charge in [-0.15, -0.1) is 0 Å². The summed E-state index contributed by atoms with van der Waals surface area (Å²) in [5.74, 6) is -1.11. The lowest BCUT2D eigenvalue weighted by Gasteiger charge is -2.22. The molecule has 1 aliphatic rings. The van der Waals surface area contributed by atoms with E-state index in [2.05, 4.69) is 15.0 Å². The number of rotatable bonds is 5. The Balaban J connectivity index is 1.68. The Bertz CT molecular complexity index is 1470. The number of aliphatic hydroxyl groups is 1. The van der Waals surface area contributed by atoms with E-state index in [4.69, 9.17) is 4.74 Å².